The van der Waals surface area contributed by atoms with Crippen LogP contribution in [0.3, 0.4) is 0 Å². The fourth-order valence-electron chi connectivity index (χ4n) is 1.70. The number of benzene rings is 2. The molecule has 0 spiro atoms. The summed E-state index contributed by atoms with van der Waals surface area (Å²) in [5, 5.41) is 18.6. The van der Waals surface area contributed by atoms with Gasteiger partial charge in [0.15, 0.2) is 0 Å². The summed E-state index contributed by atoms with van der Waals surface area (Å²) >= 11 is 3.06. The zero-order chi connectivity index (χ0) is 14.7. The van der Waals surface area contributed by atoms with Gasteiger partial charge in [0.25, 0.3) is 0 Å². The fraction of sp³-hybridized carbons (Fsp3) is 0.133. The average molecular weight is 336 g/mol. The highest BCUT2D eigenvalue weighted by atomic mass is 79.9. The Morgan fingerprint density at radius 1 is 1.30 bits per heavy atom. The second kappa shape index (κ2) is 6.04. The van der Waals surface area contributed by atoms with E-state index in [1.807, 2.05) is 6.07 Å². The number of ether oxygens (including phenoxy) is 1. The minimum atomic E-state index is -0.752. The van der Waals surface area contributed by atoms with Crippen LogP contribution in [0.15, 0.2) is 40.9 Å². The van der Waals surface area contributed by atoms with Crippen LogP contribution in [-0.2, 0) is 0 Å². The Balaban J connectivity index is 2.40. The lowest BCUT2D eigenvalue weighted by Crippen LogP contribution is -1.97. The molecule has 0 saturated carbocycles. The van der Waals surface area contributed by atoms with E-state index in [1.165, 1.54) is 18.2 Å². The SMILES string of the molecule is C[C@H](O)c1ccc(C#N)cc1Oc1ccc(Br)c(F)c1. The molecule has 2 aromatic carbocycles. The van der Waals surface area contributed by atoms with Crippen LogP contribution in [0.25, 0.3) is 0 Å². The van der Waals surface area contributed by atoms with Gasteiger partial charge in [0.1, 0.15) is 17.3 Å². The van der Waals surface area contributed by atoms with Gasteiger partial charge in [-0.25, -0.2) is 4.39 Å². The van der Waals surface area contributed by atoms with Crippen LogP contribution in [0, 0.1) is 17.1 Å². The number of hydrogen-bond acceptors (Lipinski definition) is 3. The lowest BCUT2D eigenvalue weighted by atomic mass is 10.1. The summed E-state index contributed by atoms with van der Waals surface area (Å²) in [5.41, 5.74) is 0.939. The summed E-state index contributed by atoms with van der Waals surface area (Å²) < 4.78 is 19.4. The molecule has 0 fully saturated rings. The van der Waals surface area contributed by atoms with Crippen LogP contribution in [0.1, 0.15) is 24.2 Å². The molecule has 0 aliphatic carbocycles. The van der Waals surface area contributed by atoms with Crippen molar-refractivity contribution in [3.05, 3.63) is 57.8 Å². The molecule has 0 aliphatic rings. The average Bonchev–Trinajstić information content (AvgIpc) is 2.42. The topological polar surface area (TPSA) is 53.2 Å². The summed E-state index contributed by atoms with van der Waals surface area (Å²) in [7, 11) is 0. The molecule has 2 aromatic rings. The molecule has 102 valence electrons. The Bertz CT molecular complexity index is 680. The lowest BCUT2D eigenvalue weighted by molar-refractivity contribution is 0.195. The van der Waals surface area contributed by atoms with Gasteiger partial charge in [-0.05, 0) is 47.1 Å². The largest absolute Gasteiger partial charge is 0.457 e. The van der Waals surface area contributed by atoms with E-state index in [1.54, 1.807) is 25.1 Å². The molecule has 0 aromatic heterocycles. The number of hydrogen-bond donors (Lipinski definition) is 1. The number of aliphatic hydroxyl groups excluding tert-OH is 1. The number of aliphatic hydroxyl groups is 1. The summed E-state index contributed by atoms with van der Waals surface area (Å²) in [6.07, 6.45) is -0.752. The van der Waals surface area contributed by atoms with Crippen LogP contribution in [0.4, 0.5) is 4.39 Å². The molecule has 20 heavy (non-hydrogen) atoms. The Kier molecular flexibility index (Phi) is 4.38. The second-order valence-corrected chi connectivity index (χ2v) is 5.07. The van der Waals surface area contributed by atoms with Gasteiger partial charge in [0.05, 0.1) is 22.2 Å². The molecule has 0 radical (unpaired) electrons. The monoisotopic (exact) mass is 335 g/mol. The maximum atomic E-state index is 13.5. The third kappa shape index (κ3) is 3.16. The first-order valence-corrected chi connectivity index (χ1v) is 6.65. The van der Waals surface area contributed by atoms with Crippen molar-refractivity contribution in [3.63, 3.8) is 0 Å². The van der Waals surface area contributed by atoms with E-state index in [4.69, 9.17) is 10.00 Å². The molecular formula is C15H11BrFNO2. The van der Waals surface area contributed by atoms with Gasteiger partial charge in [-0.1, -0.05) is 6.07 Å². The van der Waals surface area contributed by atoms with Gasteiger partial charge in [-0.3, -0.25) is 0 Å². The smallest absolute Gasteiger partial charge is 0.141 e. The lowest BCUT2D eigenvalue weighted by Gasteiger charge is -2.13. The van der Waals surface area contributed by atoms with Crippen LogP contribution in [0.2, 0.25) is 0 Å². The van der Waals surface area contributed by atoms with Crippen molar-refractivity contribution in [2.24, 2.45) is 0 Å². The molecule has 2 rings (SSSR count). The van der Waals surface area contributed by atoms with Gasteiger partial charge >= 0.3 is 0 Å². The predicted molar refractivity (Wildman–Crippen MR) is 76.0 cm³/mol. The first kappa shape index (κ1) is 14.5. The first-order chi connectivity index (χ1) is 9.51. The van der Waals surface area contributed by atoms with E-state index in [-0.39, 0.29) is 0 Å². The summed E-state index contributed by atoms with van der Waals surface area (Å²) in [6, 6.07) is 11.1. The third-order valence-electron chi connectivity index (χ3n) is 2.71. The Morgan fingerprint density at radius 3 is 2.65 bits per heavy atom. The highest BCUT2D eigenvalue weighted by Gasteiger charge is 2.12. The van der Waals surface area contributed by atoms with Gasteiger partial charge in [0, 0.05) is 11.6 Å². The molecular weight excluding hydrogens is 325 g/mol. The van der Waals surface area contributed by atoms with E-state index >= 15 is 0 Å². The normalized spacial score (nSPS) is 11.8. The maximum absolute atomic E-state index is 13.5. The van der Waals surface area contributed by atoms with Gasteiger partial charge < -0.3 is 9.84 Å². The Morgan fingerprint density at radius 2 is 2.05 bits per heavy atom. The van der Waals surface area contributed by atoms with Crippen LogP contribution < -0.4 is 4.74 Å². The summed E-state index contributed by atoms with van der Waals surface area (Å²) in [4.78, 5) is 0. The fourth-order valence-corrected chi connectivity index (χ4v) is 1.95. The molecule has 0 aliphatic heterocycles. The Hall–Kier alpha value is -1.90. The highest BCUT2D eigenvalue weighted by Crippen LogP contribution is 2.32. The minimum absolute atomic E-state index is 0.294. The number of nitrogens with zero attached hydrogens (tertiary/aromatic N) is 1. The van der Waals surface area contributed by atoms with Crippen molar-refractivity contribution >= 4 is 15.9 Å². The van der Waals surface area contributed by atoms with E-state index in [9.17, 15) is 9.50 Å². The minimum Gasteiger partial charge on any atom is -0.457 e. The first-order valence-electron chi connectivity index (χ1n) is 5.86. The highest BCUT2D eigenvalue weighted by molar-refractivity contribution is 9.10. The van der Waals surface area contributed by atoms with Crippen molar-refractivity contribution < 1.29 is 14.2 Å². The Labute approximate surface area is 124 Å². The number of nitriles is 1. The second-order valence-electron chi connectivity index (χ2n) is 4.22. The molecule has 1 N–H and O–H groups in total. The third-order valence-corrected chi connectivity index (χ3v) is 3.35. The van der Waals surface area contributed by atoms with Gasteiger partial charge in [-0.2, -0.15) is 5.26 Å². The van der Waals surface area contributed by atoms with E-state index in [0.29, 0.717) is 27.1 Å². The predicted octanol–water partition coefficient (Wildman–Crippen LogP) is 4.31. The quantitative estimate of drug-likeness (QED) is 0.909. The number of rotatable bonds is 3. The zero-order valence-corrected chi connectivity index (χ0v) is 12.2. The zero-order valence-electron chi connectivity index (χ0n) is 10.6. The molecule has 0 unspecified atom stereocenters. The molecule has 0 heterocycles. The van der Waals surface area contributed by atoms with Crippen molar-refractivity contribution in [3.8, 4) is 17.6 Å². The molecule has 0 bridgehead atoms. The van der Waals surface area contributed by atoms with E-state index in [2.05, 4.69) is 15.9 Å². The number of halogens is 2. The van der Waals surface area contributed by atoms with E-state index in [0.717, 1.165) is 0 Å². The van der Waals surface area contributed by atoms with Crippen molar-refractivity contribution in [1.29, 1.82) is 5.26 Å². The van der Waals surface area contributed by atoms with Gasteiger partial charge in [-0.15, -0.1) is 0 Å². The van der Waals surface area contributed by atoms with Crippen LogP contribution >= 0.6 is 15.9 Å². The molecule has 0 amide bonds. The molecule has 5 heteroatoms. The molecule has 1 atom stereocenters. The summed E-state index contributed by atoms with van der Waals surface area (Å²) in [5.74, 6) is 0.181. The van der Waals surface area contributed by atoms with Crippen molar-refractivity contribution in [2.75, 3.05) is 0 Å². The van der Waals surface area contributed by atoms with Crippen LogP contribution in [0.5, 0.6) is 11.5 Å². The molecule has 0 saturated heterocycles. The van der Waals surface area contributed by atoms with E-state index < -0.39 is 11.9 Å². The molecule has 3 nitrogen and oxygen atoms in total. The van der Waals surface area contributed by atoms with Crippen molar-refractivity contribution in [2.45, 2.75) is 13.0 Å². The maximum Gasteiger partial charge on any atom is 0.141 e. The van der Waals surface area contributed by atoms with Crippen molar-refractivity contribution in [1.82, 2.24) is 0 Å². The standard InChI is InChI=1S/C15H11BrFNO2/c1-9(19)12-4-2-10(8-18)6-15(12)20-11-3-5-13(16)14(17)7-11/h2-7,9,19H,1H3/t9-/m0/s1. The van der Waals surface area contributed by atoms with Crippen LogP contribution in [-0.4, -0.2) is 5.11 Å². The van der Waals surface area contributed by atoms with Gasteiger partial charge in [0.2, 0.25) is 0 Å². The summed E-state index contributed by atoms with van der Waals surface area (Å²) in [6.45, 7) is 1.59.